The molecule has 0 aliphatic carbocycles. The van der Waals surface area contributed by atoms with Crippen LogP contribution in [0.3, 0.4) is 0 Å². The summed E-state index contributed by atoms with van der Waals surface area (Å²) < 4.78 is 0. The first-order valence-corrected chi connectivity index (χ1v) is 4.95. The maximum atomic E-state index is 11.6. The van der Waals surface area contributed by atoms with Crippen LogP contribution in [0.25, 0.3) is 0 Å². The Kier molecular flexibility index (Phi) is 2.55. The van der Waals surface area contributed by atoms with Gasteiger partial charge in [-0.1, -0.05) is 0 Å². The molecule has 3 N–H and O–H groups in total. The molecule has 1 aliphatic heterocycles. The standard InChI is InChI=1S/C11H10N2O4/c1-5(14)13-8-3-2-6(11(16)17)7-4-12-10(15)9(7)8/h2-3H,4H2,1H3,(H,12,15)(H,13,14)(H,16,17). The van der Waals surface area contributed by atoms with E-state index in [0.717, 1.165) is 0 Å². The van der Waals surface area contributed by atoms with Crippen molar-refractivity contribution < 1.29 is 19.5 Å². The van der Waals surface area contributed by atoms with Gasteiger partial charge in [0.15, 0.2) is 0 Å². The van der Waals surface area contributed by atoms with Gasteiger partial charge in [0.05, 0.1) is 16.8 Å². The minimum Gasteiger partial charge on any atom is -0.478 e. The van der Waals surface area contributed by atoms with Gasteiger partial charge in [0, 0.05) is 19.0 Å². The lowest BCUT2D eigenvalue weighted by Crippen LogP contribution is -2.15. The van der Waals surface area contributed by atoms with E-state index in [4.69, 9.17) is 5.11 Å². The number of fused-ring (bicyclic) bond motifs is 1. The highest BCUT2D eigenvalue weighted by Gasteiger charge is 2.27. The quantitative estimate of drug-likeness (QED) is 0.697. The van der Waals surface area contributed by atoms with Crippen molar-refractivity contribution in [1.82, 2.24) is 5.32 Å². The molecule has 6 nitrogen and oxygen atoms in total. The normalized spacial score (nSPS) is 12.9. The largest absolute Gasteiger partial charge is 0.478 e. The second-order valence-corrected chi connectivity index (χ2v) is 3.68. The zero-order valence-electron chi connectivity index (χ0n) is 9.03. The molecule has 2 rings (SSSR count). The first-order chi connectivity index (χ1) is 8.00. The summed E-state index contributed by atoms with van der Waals surface area (Å²) >= 11 is 0. The van der Waals surface area contributed by atoms with Crippen molar-refractivity contribution in [3.63, 3.8) is 0 Å². The van der Waals surface area contributed by atoms with Gasteiger partial charge in [-0.3, -0.25) is 9.59 Å². The van der Waals surface area contributed by atoms with Crippen LogP contribution in [-0.4, -0.2) is 22.9 Å². The summed E-state index contributed by atoms with van der Waals surface area (Å²) in [6.45, 7) is 1.49. The first kappa shape index (κ1) is 11.1. The van der Waals surface area contributed by atoms with E-state index >= 15 is 0 Å². The van der Waals surface area contributed by atoms with Gasteiger partial charge in [0.25, 0.3) is 5.91 Å². The Labute approximate surface area is 96.6 Å². The predicted molar refractivity (Wildman–Crippen MR) is 58.9 cm³/mol. The highest BCUT2D eigenvalue weighted by Crippen LogP contribution is 2.27. The van der Waals surface area contributed by atoms with Gasteiger partial charge in [-0.05, 0) is 12.1 Å². The lowest BCUT2D eigenvalue weighted by molar-refractivity contribution is -0.114. The van der Waals surface area contributed by atoms with Crippen LogP contribution in [0, 0.1) is 0 Å². The minimum atomic E-state index is -1.09. The molecule has 6 heteroatoms. The lowest BCUT2D eigenvalue weighted by Gasteiger charge is -2.08. The molecule has 2 amide bonds. The van der Waals surface area contributed by atoms with Crippen molar-refractivity contribution >= 4 is 23.5 Å². The fraction of sp³-hybridized carbons (Fsp3) is 0.182. The molecular formula is C11H10N2O4. The van der Waals surface area contributed by atoms with Crippen LogP contribution in [0.15, 0.2) is 12.1 Å². The number of nitrogens with one attached hydrogen (secondary N) is 2. The molecular weight excluding hydrogens is 224 g/mol. The molecule has 1 aromatic rings. The van der Waals surface area contributed by atoms with Crippen LogP contribution in [0.4, 0.5) is 5.69 Å². The Hall–Kier alpha value is -2.37. The second-order valence-electron chi connectivity index (χ2n) is 3.68. The molecule has 88 valence electrons. The molecule has 0 spiro atoms. The predicted octanol–water partition coefficient (Wildman–Crippen LogP) is 0.587. The van der Waals surface area contributed by atoms with Crippen molar-refractivity contribution in [1.29, 1.82) is 0 Å². The number of amides is 2. The summed E-state index contributed by atoms with van der Waals surface area (Å²) in [5.41, 5.74) is 1.06. The third kappa shape index (κ3) is 1.84. The van der Waals surface area contributed by atoms with Crippen LogP contribution < -0.4 is 10.6 Å². The maximum absolute atomic E-state index is 11.6. The Balaban J connectivity index is 2.59. The van der Waals surface area contributed by atoms with E-state index < -0.39 is 5.97 Å². The zero-order chi connectivity index (χ0) is 12.6. The number of carbonyl (C=O) groups excluding carboxylic acids is 2. The molecule has 0 fully saturated rings. The van der Waals surface area contributed by atoms with Gasteiger partial charge in [-0.15, -0.1) is 0 Å². The highest BCUT2D eigenvalue weighted by atomic mass is 16.4. The van der Waals surface area contributed by atoms with Crippen molar-refractivity contribution in [2.45, 2.75) is 13.5 Å². The van der Waals surface area contributed by atoms with Crippen LogP contribution in [0.2, 0.25) is 0 Å². The zero-order valence-corrected chi connectivity index (χ0v) is 9.03. The van der Waals surface area contributed by atoms with E-state index in [1.807, 2.05) is 0 Å². The number of hydrogen-bond acceptors (Lipinski definition) is 3. The van der Waals surface area contributed by atoms with Gasteiger partial charge in [-0.25, -0.2) is 4.79 Å². The Morgan fingerprint density at radius 3 is 2.71 bits per heavy atom. The van der Waals surface area contributed by atoms with Gasteiger partial charge in [-0.2, -0.15) is 0 Å². The van der Waals surface area contributed by atoms with Gasteiger partial charge in [0.2, 0.25) is 5.91 Å². The van der Waals surface area contributed by atoms with Crippen LogP contribution in [-0.2, 0) is 11.3 Å². The Morgan fingerprint density at radius 1 is 1.41 bits per heavy atom. The Morgan fingerprint density at radius 2 is 2.12 bits per heavy atom. The van der Waals surface area contributed by atoms with E-state index in [9.17, 15) is 14.4 Å². The monoisotopic (exact) mass is 234 g/mol. The second kappa shape index (κ2) is 3.89. The summed E-state index contributed by atoms with van der Waals surface area (Å²) in [5.74, 6) is -1.77. The number of rotatable bonds is 2. The number of hydrogen-bond donors (Lipinski definition) is 3. The first-order valence-electron chi connectivity index (χ1n) is 4.95. The number of carboxylic acid groups (broad SMARTS) is 1. The fourth-order valence-electron chi connectivity index (χ4n) is 1.84. The SMILES string of the molecule is CC(=O)Nc1ccc(C(=O)O)c2c1C(=O)NC2. The molecule has 0 radical (unpaired) electrons. The number of anilines is 1. The summed E-state index contributed by atoms with van der Waals surface area (Å²) in [6.07, 6.45) is 0. The molecule has 1 heterocycles. The van der Waals surface area contributed by atoms with Crippen LogP contribution >= 0.6 is 0 Å². The molecule has 0 aromatic heterocycles. The van der Waals surface area contributed by atoms with E-state index in [-0.39, 0.29) is 29.5 Å². The molecule has 1 aliphatic rings. The average Bonchev–Trinajstić information content (AvgIpc) is 2.60. The van der Waals surface area contributed by atoms with Crippen molar-refractivity contribution in [3.8, 4) is 0 Å². The van der Waals surface area contributed by atoms with Crippen molar-refractivity contribution in [2.75, 3.05) is 5.32 Å². The summed E-state index contributed by atoms with van der Waals surface area (Å²) in [4.78, 5) is 33.5. The maximum Gasteiger partial charge on any atom is 0.336 e. The van der Waals surface area contributed by atoms with Crippen molar-refractivity contribution in [3.05, 3.63) is 28.8 Å². The molecule has 0 unspecified atom stereocenters. The molecule has 0 saturated heterocycles. The van der Waals surface area contributed by atoms with E-state index in [2.05, 4.69) is 10.6 Å². The summed E-state index contributed by atoms with van der Waals surface area (Å²) in [5, 5.41) is 14.0. The average molecular weight is 234 g/mol. The molecule has 0 saturated carbocycles. The number of carboxylic acids is 1. The third-order valence-electron chi connectivity index (χ3n) is 2.51. The molecule has 0 bridgehead atoms. The van der Waals surface area contributed by atoms with Crippen LogP contribution in [0.1, 0.15) is 33.2 Å². The summed E-state index contributed by atoms with van der Waals surface area (Å²) in [6, 6.07) is 2.81. The molecule has 1 aromatic carbocycles. The van der Waals surface area contributed by atoms with Gasteiger partial charge < -0.3 is 15.7 Å². The Bertz CT molecular complexity index is 537. The lowest BCUT2D eigenvalue weighted by atomic mass is 10.0. The molecule has 17 heavy (non-hydrogen) atoms. The minimum absolute atomic E-state index is 0.0763. The van der Waals surface area contributed by atoms with Gasteiger partial charge >= 0.3 is 5.97 Å². The number of aromatic carboxylic acids is 1. The smallest absolute Gasteiger partial charge is 0.336 e. The molecule has 0 atom stereocenters. The third-order valence-corrected chi connectivity index (χ3v) is 2.51. The van der Waals surface area contributed by atoms with E-state index in [1.165, 1.54) is 19.1 Å². The summed E-state index contributed by atoms with van der Waals surface area (Å²) in [7, 11) is 0. The fourth-order valence-corrected chi connectivity index (χ4v) is 1.84. The topological polar surface area (TPSA) is 95.5 Å². The van der Waals surface area contributed by atoms with E-state index in [1.54, 1.807) is 0 Å². The number of carbonyl (C=O) groups is 3. The van der Waals surface area contributed by atoms with E-state index in [0.29, 0.717) is 11.3 Å². The number of benzene rings is 1. The van der Waals surface area contributed by atoms with Gasteiger partial charge in [0.1, 0.15) is 0 Å². The van der Waals surface area contributed by atoms with Crippen molar-refractivity contribution in [2.24, 2.45) is 0 Å². The highest BCUT2D eigenvalue weighted by molar-refractivity contribution is 6.09. The van der Waals surface area contributed by atoms with Crippen LogP contribution in [0.5, 0.6) is 0 Å².